The lowest BCUT2D eigenvalue weighted by Crippen LogP contribution is -2.30. The summed E-state index contributed by atoms with van der Waals surface area (Å²) in [5, 5.41) is 2.61. The van der Waals surface area contributed by atoms with E-state index in [1.54, 1.807) is 48.5 Å². The van der Waals surface area contributed by atoms with Crippen LogP contribution in [0.3, 0.4) is 0 Å². The third-order valence-corrected chi connectivity index (χ3v) is 3.54. The first-order valence-electron chi connectivity index (χ1n) is 7.69. The fourth-order valence-corrected chi connectivity index (χ4v) is 2.22. The highest BCUT2D eigenvalue weighted by atomic mass is 16.5. The Morgan fingerprint density at radius 3 is 2.20 bits per heavy atom. The van der Waals surface area contributed by atoms with Crippen LogP contribution in [0.1, 0.15) is 34.6 Å². The number of hydrogen-bond donors (Lipinski definition) is 1. The first-order valence-corrected chi connectivity index (χ1v) is 7.69. The number of esters is 1. The van der Waals surface area contributed by atoms with E-state index >= 15 is 0 Å². The van der Waals surface area contributed by atoms with E-state index in [1.807, 2.05) is 0 Å². The summed E-state index contributed by atoms with van der Waals surface area (Å²) in [6, 6.07) is 13.2. The molecule has 0 spiro atoms. The first-order chi connectivity index (χ1) is 11.9. The summed E-state index contributed by atoms with van der Waals surface area (Å²) in [4.78, 5) is 36.1. The Morgan fingerprint density at radius 2 is 1.56 bits per heavy atom. The average Bonchev–Trinajstić information content (AvgIpc) is 2.61. The lowest BCUT2D eigenvalue weighted by molar-refractivity contribution is -0.123. The Morgan fingerprint density at radius 1 is 0.960 bits per heavy atom. The van der Waals surface area contributed by atoms with Gasteiger partial charge in [0.15, 0.2) is 11.9 Å². The van der Waals surface area contributed by atoms with E-state index in [1.165, 1.54) is 21.0 Å². The largest absolute Gasteiger partial charge is 0.496 e. The maximum atomic E-state index is 12.3. The highest BCUT2D eigenvalue weighted by molar-refractivity contribution is 6.05. The molecule has 0 unspecified atom stereocenters. The molecule has 6 nitrogen and oxygen atoms in total. The van der Waals surface area contributed by atoms with Gasteiger partial charge in [-0.2, -0.15) is 0 Å². The van der Waals surface area contributed by atoms with Crippen LogP contribution in [0.4, 0.5) is 5.69 Å². The van der Waals surface area contributed by atoms with E-state index < -0.39 is 18.0 Å². The molecular weight excluding hydrogens is 322 g/mol. The molecule has 0 saturated carbocycles. The summed E-state index contributed by atoms with van der Waals surface area (Å²) >= 11 is 0. The molecule has 1 amide bonds. The number of benzene rings is 2. The number of carbonyl (C=O) groups is 3. The van der Waals surface area contributed by atoms with Crippen LogP contribution in [0.2, 0.25) is 0 Å². The average molecular weight is 341 g/mol. The number of rotatable bonds is 6. The highest BCUT2D eigenvalue weighted by Crippen LogP contribution is 2.20. The lowest BCUT2D eigenvalue weighted by Gasteiger charge is -2.15. The van der Waals surface area contributed by atoms with Gasteiger partial charge in [0.05, 0.1) is 12.8 Å². The van der Waals surface area contributed by atoms with Crippen LogP contribution in [0.25, 0.3) is 0 Å². The van der Waals surface area contributed by atoms with Crippen molar-refractivity contribution in [2.75, 3.05) is 12.4 Å². The van der Waals surface area contributed by atoms with Crippen molar-refractivity contribution >= 4 is 23.3 Å². The van der Waals surface area contributed by atoms with Gasteiger partial charge in [-0.3, -0.25) is 9.59 Å². The summed E-state index contributed by atoms with van der Waals surface area (Å²) in [6.07, 6.45) is -1.04. The fraction of sp³-hybridized carbons (Fsp3) is 0.211. The zero-order chi connectivity index (χ0) is 18.4. The molecule has 1 N–H and O–H groups in total. The first kappa shape index (κ1) is 18.2. The third-order valence-electron chi connectivity index (χ3n) is 3.54. The van der Waals surface area contributed by atoms with Gasteiger partial charge in [0.2, 0.25) is 0 Å². The number of para-hydroxylation sites is 2. The summed E-state index contributed by atoms with van der Waals surface area (Å²) in [6.45, 7) is 2.87. The molecule has 0 bridgehead atoms. The van der Waals surface area contributed by atoms with E-state index in [0.29, 0.717) is 17.0 Å². The number of amides is 1. The Kier molecular flexibility index (Phi) is 5.89. The van der Waals surface area contributed by atoms with Crippen LogP contribution in [-0.4, -0.2) is 30.9 Å². The number of nitrogens with one attached hydrogen (secondary N) is 1. The van der Waals surface area contributed by atoms with Gasteiger partial charge in [-0.25, -0.2) is 4.79 Å². The highest BCUT2D eigenvalue weighted by Gasteiger charge is 2.22. The molecule has 0 aliphatic rings. The number of methoxy groups -OCH3 is 1. The van der Waals surface area contributed by atoms with E-state index in [9.17, 15) is 14.4 Å². The molecule has 0 radical (unpaired) electrons. The minimum atomic E-state index is -1.04. The molecule has 6 heteroatoms. The Labute approximate surface area is 145 Å². The minimum absolute atomic E-state index is 0.172. The topological polar surface area (TPSA) is 81.7 Å². The van der Waals surface area contributed by atoms with Crippen LogP contribution in [0.15, 0.2) is 48.5 Å². The van der Waals surface area contributed by atoms with Crippen LogP contribution in [0, 0.1) is 0 Å². The summed E-state index contributed by atoms with van der Waals surface area (Å²) in [7, 11) is 1.45. The Bertz CT molecular complexity index is 800. The second-order valence-electron chi connectivity index (χ2n) is 5.34. The van der Waals surface area contributed by atoms with Gasteiger partial charge in [0.1, 0.15) is 11.3 Å². The van der Waals surface area contributed by atoms with Crippen molar-refractivity contribution in [2.45, 2.75) is 20.0 Å². The maximum absolute atomic E-state index is 12.3. The van der Waals surface area contributed by atoms with Crippen LogP contribution in [-0.2, 0) is 9.53 Å². The van der Waals surface area contributed by atoms with Gasteiger partial charge in [-0.15, -0.1) is 0 Å². The molecule has 0 aromatic heterocycles. The van der Waals surface area contributed by atoms with Crippen LogP contribution in [0.5, 0.6) is 5.75 Å². The smallest absolute Gasteiger partial charge is 0.342 e. The van der Waals surface area contributed by atoms with Crippen molar-refractivity contribution < 1.29 is 23.9 Å². The van der Waals surface area contributed by atoms with Gasteiger partial charge in [0, 0.05) is 5.56 Å². The van der Waals surface area contributed by atoms with Crippen molar-refractivity contribution in [1.29, 1.82) is 0 Å². The SMILES string of the molecule is COc1ccccc1C(=O)O[C@H](C)C(=O)Nc1ccccc1C(C)=O. The number of ether oxygens (including phenoxy) is 2. The lowest BCUT2D eigenvalue weighted by atomic mass is 10.1. The van der Waals surface area contributed by atoms with Gasteiger partial charge >= 0.3 is 5.97 Å². The maximum Gasteiger partial charge on any atom is 0.342 e. The summed E-state index contributed by atoms with van der Waals surface area (Å²) in [5.74, 6) is -1.01. The molecular formula is C19H19NO5. The van der Waals surface area contributed by atoms with Gasteiger partial charge < -0.3 is 14.8 Å². The minimum Gasteiger partial charge on any atom is -0.496 e. The van der Waals surface area contributed by atoms with Gasteiger partial charge in [-0.1, -0.05) is 24.3 Å². The summed E-state index contributed by atoms with van der Waals surface area (Å²) in [5.41, 5.74) is 0.994. The number of carbonyl (C=O) groups excluding carboxylic acids is 3. The van der Waals surface area contributed by atoms with E-state index in [0.717, 1.165) is 0 Å². The molecule has 130 valence electrons. The number of hydrogen-bond acceptors (Lipinski definition) is 5. The Balaban J connectivity index is 2.08. The van der Waals surface area contributed by atoms with Gasteiger partial charge in [-0.05, 0) is 38.1 Å². The molecule has 1 atom stereocenters. The number of anilines is 1. The van der Waals surface area contributed by atoms with Crippen molar-refractivity contribution in [3.8, 4) is 5.75 Å². The second kappa shape index (κ2) is 8.10. The normalized spacial score (nSPS) is 11.3. The van der Waals surface area contributed by atoms with Crippen molar-refractivity contribution in [3.05, 3.63) is 59.7 Å². The van der Waals surface area contributed by atoms with Crippen molar-refractivity contribution in [3.63, 3.8) is 0 Å². The summed E-state index contributed by atoms with van der Waals surface area (Å²) < 4.78 is 10.3. The molecule has 0 aliphatic heterocycles. The molecule has 0 fully saturated rings. The number of Topliss-reactive ketones (excluding diaryl/α,β-unsaturated/α-hetero) is 1. The second-order valence-corrected chi connectivity index (χ2v) is 5.34. The monoisotopic (exact) mass is 341 g/mol. The fourth-order valence-electron chi connectivity index (χ4n) is 2.22. The molecule has 2 aromatic rings. The van der Waals surface area contributed by atoms with Crippen molar-refractivity contribution in [1.82, 2.24) is 0 Å². The predicted molar refractivity (Wildman–Crippen MR) is 92.9 cm³/mol. The van der Waals surface area contributed by atoms with E-state index in [2.05, 4.69) is 5.32 Å². The van der Waals surface area contributed by atoms with E-state index in [-0.39, 0.29) is 11.3 Å². The molecule has 25 heavy (non-hydrogen) atoms. The van der Waals surface area contributed by atoms with E-state index in [4.69, 9.17) is 9.47 Å². The standard InChI is InChI=1S/C19H19NO5/c1-12(21)14-8-4-6-10-16(14)20-18(22)13(2)25-19(23)15-9-5-7-11-17(15)24-3/h4-11,13H,1-3H3,(H,20,22)/t13-/m1/s1. The third kappa shape index (κ3) is 4.44. The predicted octanol–water partition coefficient (Wildman–Crippen LogP) is 3.08. The van der Waals surface area contributed by atoms with Gasteiger partial charge in [0.25, 0.3) is 5.91 Å². The van der Waals surface area contributed by atoms with Crippen molar-refractivity contribution in [2.24, 2.45) is 0 Å². The molecule has 0 saturated heterocycles. The van der Waals surface area contributed by atoms with Crippen LogP contribution < -0.4 is 10.1 Å². The zero-order valence-electron chi connectivity index (χ0n) is 14.2. The molecule has 2 rings (SSSR count). The van der Waals surface area contributed by atoms with Crippen LogP contribution >= 0.6 is 0 Å². The molecule has 0 heterocycles. The number of ketones is 1. The quantitative estimate of drug-likeness (QED) is 0.645. The zero-order valence-corrected chi connectivity index (χ0v) is 14.2. The molecule has 2 aromatic carbocycles. The Hall–Kier alpha value is -3.15. The molecule has 0 aliphatic carbocycles.